The lowest BCUT2D eigenvalue weighted by molar-refractivity contribution is -0.130. The molecule has 1 fully saturated rings. The molecule has 26 heavy (non-hydrogen) atoms. The number of sulfonamides is 1. The Labute approximate surface area is 154 Å². The first-order chi connectivity index (χ1) is 12.2. The third-order valence-corrected chi connectivity index (χ3v) is 6.07. The summed E-state index contributed by atoms with van der Waals surface area (Å²) >= 11 is 0. The van der Waals surface area contributed by atoms with E-state index in [9.17, 15) is 18.0 Å². The van der Waals surface area contributed by atoms with Gasteiger partial charge in [0, 0.05) is 32.9 Å². The van der Waals surface area contributed by atoms with Crippen molar-refractivity contribution in [3.63, 3.8) is 0 Å². The largest absolute Gasteiger partial charge is 0.348 e. The van der Waals surface area contributed by atoms with Gasteiger partial charge in [-0.1, -0.05) is 0 Å². The lowest BCUT2D eigenvalue weighted by Crippen LogP contribution is -2.38. The van der Waals surface area contributed by atoms with Crippen LogP contribution in [0, 0.1) is 0 Å². The molecule has 1 aliphatic rings. The Balaban J connectivity index is 1.92. The Hall–Kier alpha value is -1.97. The van der Waals surface area contributed by atoms with Crippen molar-refractivity contribution >= 4 is 27.5 Å². The Morgan fingerprint density at radius 1 is 1.04 bits per heavy atom. The minimum absolute atomic E-state index is 0.0629. The van der Waals surface area contributed by atoms with Crippen LogP contribution in [0.25, 0.3) is 0 Å². The van der Waals surface area contributed by atoms with E-state index in [1.807, 2.05) is 0 Å². The number of hydrogen-bond acceptors (Lipinski definition) is 5. The highest BCUT2D eigenvalue weighted by atomic mass is 32.2. The van der Waals surface area contributed by atoms with Gasteiger partial charge in [-0.15, -0.1) is 0 Å². The highest BCUT2D eigenvalue weighted by Crippen LogP contribution is 2.22. The van der Waals surface area contributed by atoms with Crippen LogP contribution >= 0.6 is 0 Å². The second-order valence-corrected chi connectivity index (χ2v) is 8.58. The first-order valence-electron chi connectivity index (χ1n) is 8.49. The maximum absolute atomic E-state index is 12.5. The predicted molar refractivity (Wildman–Crippen MR) is 99.3 cm³/mol. The molecule has 0 radical (unpaired) electrons. The molecule has 9 heteroatoms. The lowest BCUT2D eigenvalue weighted by Gasteiger charge is -2.18. The fourth-order valence-corrected chi connectivity index (χ4v) is 4.18. The number of likely N-dealkylation sites (N-methyl/N-ethyl adjacent to an activating group) is 2. The first-order valence-corrected chi connectivity index (χ1v) is 9.93. The molecule has 0 unspecified atom stereocenters. The molecule has 2 rings (SSSR count). The average molecular weight is 382 g/mol. The zero-order valence-corrected chi connectivity index (χ0v) is 16.3. The van der Waals surface area contributed by atoms with Crippen molar-refractivity contribution in [2.45, 2.75) is 17.7 Å². The monoisotopic (exact) mass is 382 g/mol. The number of nitrogens with one attached hydrogen (secondary N) is 1. The van der Waals surface area contributed by atoms with Crippen LogP contribution in [-0.4, -0.2) is 81.7 Å². The summed E-state index contributed by atoms with van der Waals surface area (Å²) < 4.78 is 26.4. The lowest BCUT2D eigenvalue weighted by atomic mass is 10.3. The first kappa shape index (κ1) is 20.3. The molecule has 1 saturated heterocycles. The molecular weight excluding hydrogens is 356 g/mol. The number of hydrogen-bond donors (Lipinski definition) is 1. The van der Waals surface area contributed by atoms with Gasteiger partial charge in [0.1, 0.15) is 0 Å². The number of carbonyl (C=O) groups is 2. The zero-order chi connectivity index (χ0) is 19.3. The van der Waals surface area contributed by atoms with E-state index in [1.54, 1.807) is 38.2 Å². The van der Waals surface area contributed by atoms with Crippen LogP contribution in [0.4, 0.5) is 5.69 Å². The number of anilines is 1. The van der Waals surface area contributed by atoms with Crippen molar-refractivity contribution in [2.24, 2.45) is 0 Å². The van der Waals surface area contributed by atoms with Gasteiger partial charge >= 0.3 is 0 Å². The van der Waals surface area contributed by atoms with Gasteiger partial charge in [0.25, 0.3) is 0 Å². The van der Waals surface area contributed by atoms with E-state index in [2.05, 4.69) is 5.32 Å². The molecule has 0 atom stereocenters. The summed E-state index contributed by atoms with van der Waals surface area (Å²) in [6, 6.07) is 6.16. The molecule has 2 amide bonds. The van der Waals surface area contributed by atoms with Crippen LogP contribution in [0.15, 0.2) is 29.2 Å². The smallest absolute Gasteiger partial charge is 0.243 e. The maximum atomic E-state index is 12.5. The second kappa shape index (κ2) is 8.61. The summed E-state index contributed by atoms with van der Waals surface area (Å²) in [7, 11) is 1.55. The molecule has 8 nitrogen and oxygen atoms in total. The molecule has 0 aliphatic carbocycles. The quantitative estimate of drug-likeness (QED) is 0.739. The van der Waals surface area contributed by atoms with Crippen LogP contribution in [0.3, 0.4) is 0 Å². The van der Waals surface area contributed by atoms with Crippen LogP contribution in [0.1, 0.15) is 12.8 Å². The van der Waals surface area contributed by atoms with E-state index < -0.39 is 10.0 Å². The highest BCUT2D eigenvalue weighted by Gasteiger charge is 2.26. The summed E-state index contributed by atoms with van der Waals surface area (Å²) in [5.74, 6) is -0.356. The number of amides is 2. The molecule has 0 bridgehead atoms. The zero-order valence-electron chi connectivity index (χ0n) is 15.4. The number of nitrogens with zero attached hydrogens (tertiary/aromatic N) is 3. The predicted octanol–water partition coefficient (Wildman–Crippen LogP) is 0.430. The van der Waals surface area contributed by atoms with Crippen molar-refractivity contribution in [3.05, 3.63) is 24.3 Å². The molecule has 1 heterocycles. The fourth-order valence-electron chi connectivity index (χ4n) is 2.66. The average Bonchev–Trinajstić information content (AvgIpc) is 3.10. The van der Waals surface area contributed by atoms with E-state index in [0.29, 0.717) is 18.8 Å². The van der Waals surface area contributed by atoms with E-state index >= 15 is 0 Å². The van der Waals surface area contributed by atoms with E-state index in [0.717, 1.165) is 12.8 Å². The summed E-state index contributed by atoms with van der Waals surface area (Å²) in [5.41, 5.74) is 0.516. The highest BCUT2D eigenvalue weighted by molar-refractivity contribution is 7.89. The van der Waals surface area contributed by atoms with E-state index in [1.165, 1.54) is 21.3 Å². The maximum Gasteiger partial charge on any atom is 0.243 e. The topological polar surface area (TPSA) is 90.0 Å². The Morgan fingerprint density at radius 2 is 1.62 bits per heavy atom. The molecule has 0 aromatic heterocycles. The van der Waals surface area contributed by atoms with Gasteiger partial charge < -0.3 is 10.2 Å². The standard InChI is InChI=1S/C17H26N4O4S/c1-19(2)17(23)13-20(3)12-16(22)18-14-6-8-15(9-7-14)26(24,25)21-10-4-5-11-21/h6-9H,4-5,10-13H2,1-3H3,(H,18,22). The van der Waals surface area contributed by atoms with Crippen LogP contribution < -0.4 is 5.32 Å². The third kappa shape index (κ3) is 5.26. The van der Waals surface area contributed by atoms with Gasteiger partial charge in [-0.2, -0.15) is 4.31 Å². The minimum atomic E-state index is -3.45. The number of rotatable bonds is 7. The summed E-state index contributed by atoms with van der Waals surface area (Å²) in [5, 5.41) is 2.71. The van der Waals surface area contributed by atoms with E-state index in [4.69, 9.17) is 0 Å². The molecule has 1 aromatic rings. The molecular formula is C17H26N4O4S. The van der Waals surface area contributed by atoms with Crippen molar-refractivity contribution < 1.29 is 18.0 Å². The van der Waals surface area contributed by atoms with Gasteiger partial charge in [0.2, 0.25) is 21.8 Å². The SMILES string of the molecule is CN(CC(=O)Nc1ccc(S(=O)(=O)N2CCCC2)cc1)CC(=O)N(C)C. The van der Waals surface area contributed by atoms with Gasteiger partial charge in [-0.25, -0.2) is 8.42 Å². The Kier molecular flexibility index (Phi) is 6.74. The molecule has 0 spiro atoms. The van der Waals surface area contributed by atoms with Gasteiger partial charge in [-0.3, -0.25) is 14.5 Å². The van der Waals surface area contributed by atoms with Gasteiger partial charge in [0.15, 0.2) is 0 Å². The summed E-state index contributed by atoms with van der Waals surface area (Å²) in [6.07, 6.45) is 1.77. The Morgan fingerprint density at radius 3 is 2.15 bits per heavy atom. The van der Waals surface area contributed by atoms with Gasteiger partial charge in [-0.05, 0) is 44.2 Å². The number of benzene rings is 1. The van der Waals surface area contributed by atoms with Crippen LogP contribution in [-0.2, 0) is 19.6 Å². The minimum Gasteiger partial charge on any atom is -0.348 e. The van der Waals surface area contributed by atoms with Crippen molar-refractivity contribution in [1.29, 1.82) is 0 Å². The molecule has 1 aliphatic heterocycles. The van der Waals surface area contributed by atoms with Crippen LogP contribution in [0.5, 0.6) is 0 Å². The third-order valence-electron chi connectivity index (χ3n) is 4.16. The number of carbonyl (C=O) groups excluding carboxylic acids is 2. The molecule has 1 N–H and O–H groups in total. The van der Waals surface area contributed by atoms with Crippen molar-refractivity contribution in [1.82, 2.24) is 14.1 Å². The molecule has 144 valence electrons. The van der Waals surface area contributed by atoms with E-state index in [-0.39, 0.29) is 29.8 Å². The summed E-state index contributed by atoms with van der Waals surface area (Å²) in [4.78, 5) is 27.0. The Bertz CT molecular complexity index is 741. The van der Waals surface area contributed by atoms with Gasteiger partial charge in [0.05, 0.1) is 18.0 Å². The van der Waals surface area contributed by atoms with Crippen molar-refractivity contribution in [3.8, 4) is 0 Å². The molecule has 1 aromatic carbocycles. The van der Waals surface area contributed by atoms with Crippen molar-refractivity contribution in [2.75, 3.05) is 52.6 Å². The second-order valence-electron chi connectivity index (χ2n) is 6.64. The molecule has 0 saturated carbocycles. The van der Waals surface area contributed by atoms with Crippen LogP contribution in [0.2, 0.25) is 0 Å². The summed E-state index contributed by atoms with van der Waals surface area (Å²) in [6.45, 7) is 1.32. The fraction of sp³-hybridized carbons (Fsp3) is 0.529. The normalized spacial score (nSPS) is 15.2.